The van der Waals surface area contributed by atoms with Crippen molar-refractivity contribution in [1.82, 2.24) is 4.90 Å². The number of ketones is 1. The first-order chi connectivity index (χ1) is 6.20. The van der Waals surface area contributed by atoms with E-state index >= 15 is 0 Å². The molecule has 66 valence electrons. The van der Waals surface area contributed by atoms with Gasteiger partial charge in [0.25, 0.3) is 5.91 Å². The highest BCUT2D eigenvalue weighted by atomic mass is 16.2. The maximum atomic E-state index is 11.3. The number of allylic oxidation sites excluding steroid dienone is 2. The second-order valence-corrected chi connectivity index (χ2v) is 2.93. The molecule has 0 aromatic heterocycles. The number of Topliss-reactive ketones (excluding diaryl/α,β-unsaturated/α-hetero) is 1. The molecule has 1 atom stereocenters. The number of rotatable bonds is 1. The SMILES string of the molecule is CC(=O)[C@H]1C(=O)N=C2C=CC=CN21. The van der Waals surface area contributed by atoms with E-state index in [1.165, 1.54) is 6.92 Å². The molecule has 0 aromatic carbocycles. The Morgan fingerprint density at radius 2 is 2.31 bits per heavy atom. The number of carbonyl (C=O) groups is 2. The van der Waals surface area contributed by atoms with Gasteiger partial charge in [-0.05, 0) is 19.1 Å². The van der Waals surface area contributed by atoms with Crippen molar-refractivity contribution in [1.29, 1.82) is 0 Å². The Bertz CT molecular complexity index is 366. The summed E-state index contributed by atoms with van der Waals surface area (Å²) in [6, 6.07) is -0.740. The van der Waals surface area contributed by atoms with Crippen LogP contribution in [0.15, 0.2) is 29.4 Å². The quantitative estimate of drug-likeness (QED) is 0.539. The van der Waals surface area contributed by atoms with Gasteiger partial charge in [-0.25, -0.2) is 0 Å². The van der Waals surface area contributed by atoms with E-state index in [2.05, 4.69) is 4.99 Å². The Morgan fingerprint density at radius 1 is 1.54 bits per heavy atom. The highest BCUT2D eigenvalue weighted by Crippen LogP contribution is 2.17. The van der Waals surface area contributed by atoms with Crippen molar-refractivity contribution in [2.75, 3.05) is 0 Å². The normalized spacial score (nSPS) is 24.7. The summed E-state index contributed by atoms with van der Waals surface area (Å²) >= 11 is 0. The van der Waals surface area contributed by atoms with E-state index in [1.54, 1.807) is 29.3 Å². The summed E-state index contributed by atoms with van der Waals surface area (Å²) in [5.74, 6) is -0.00454. The van der Waals surface area contributed by atoms with E-state index < -0.39 is 6.04 Å². The Balaban J connectivity index is 2.38. The molecule has 2 aliphatic rings. The van der Waals surface area contributed by atoms with E-state index in [0.29, 0.717) is 5.84 Å². The van der Waals surface area contributed by atoms with Crippen molar-refractivity contribution in [3.8, 4) is 0 Å². The lowest BCUT2D eigenvalue weighted by Crippen LogP contribution is -2.39. The van der Waals surface area contributed by atoms with Crippen molar-refractivity contribution >= 4 is 17.5 Å². The predicted molar refractivity (Wildman–Crippen MR) is 47.0 cm³/mol. The van der Waals surface area contributed by atoms with Crippen molar-refractivity contribution in [3.05, 3.63) is 24.4 Å². The number of carbonyl (C=O) groups excluding carboxylic acids is 2. The Labute approximate surface area is 75.2 Å². The predicted octanol–water partition coefficient (Wildman–Crippen LogP) is 0.268. The van der Waals surface area contributed by atoms with Gasteiger partial charge in [-0.2, -0.15) is 4.99 Å². The zero-order chi connectivity index (χ0) is 9.42. The van der Waals surface area contributed by atoms with Crippen LogP contribution in [0, 0.1) is 0 Å². The van der Waals surface area contributed by atoms with Crippen LogP contribution < -0.4 is 0 Å². The molecule has 1 amide bonds. The second-order valence-electron chi connectivity index (χ2n) is 2.93. The molecule has 2 aliphatic heterocycles. The van der Waals surface area contributed by atoms with Crippen LogP contribution in [0.25, 0.3) is 0 Å². The van der Waals surface area contributed by atoms with Gasteiger partial charge in [-0.3, -0.25) is 9.59 Å². The van der Waals surface area contributed by atoms with Crippen molar-refractivity contribution in [2.45, 2.75) is 13.0 Å². The minimum Gasteiger partial charge on any atom is -0.313 e. The molecule has 0 fully saturated rings. The van der Waals surface area contributed by atoms with Gasteiger partial charge in [0.2, 0.25) is 0 Å². The summed E-state index contributed by atoms with van der Waals surface area (Å²) in [7, 11) is 0. The molecule has 0 unspecified atom stereocenters. The Hall–Kier alpha value is -1.71. The number of amidine groups is 1. The summed E-state index contributed by atoms with van der Waals surface area (Å²) in [5.41, 5.74) is 0. The molecule has 0 radical (unpaired) electrons. The molecular formula is C9H8N2O2. The number of amides is 1. The molecule has 0 aromatic rings. The van der Waals surface area contributed by atoms with Crippen molar-refractivity contribution < 1.29 is 9.59 Å². The molecule has 2 rings (SSSR count). The molecule has 2 heterocycles. The van der Waals surface area contributed by atoms with E-state index in [4.69, 9.17) is 0 Å². The van der Waals surface area contributed by atoms with Gasteiger partial charge < -0.3 is 4.90 Å². The topological polar surface area (TPSA) is 49.7 Å². The summed E-state index contributed by atoms with van der Waals surface area (Å²) in [6.45, 7) is 1.40. The first-order valence-corrected chi connectivity index (χ1v) is 3.96. The van der Waals surface area contributed by atoms with E-state index in [1.807, 2.05) is 0 Å². The van der Waals surface area contributed by atoms with Crippen LogP contribution >= 0.6 is 0 Å². The van der Waals surface area contributed by atoms with Gasteiger partial charge in [0, 0.05) is 6.20 Å². The Morgan fingerprint density at radius 3 is 3.00 bits per heavy atom. The fraction of sp³-hybridized carbons (Fsp3) is 0.222. The number of hydrogen-bond donors (Lipinski definition) is 0. The second kappa shape index (κ2) is 2.65. The molecule has 0 N–H and O–H groups in total. The third kappa shape index (κ3) is 1.11. The number of hydrogen-bond acceptors (Lipinski definition) is 3. The van der Waals surface area contributed by atoms with Crippen LogP contribution in [0.4, 0.5) is 0 Å². The average molecular weight is 176 g/mol. The maximum Gasteiger partial charge on any atom is 0.278 e. The molecule has 0 aliphatic carbocycles. The minimum atomic E-state index is -0.740. The summed E-state index contributed by atoms with van der Waals surface area (Å²) in [5, 5.41) is 0. The highest BCUT2D eigenvalue weighted by Gasteiger charge is 2.36. The third-order valence-corrected chi connectivity index (χ3v) is 1.99. The van der Waals surface area contributed by atoms with Crippen LogP contribution in [0.2, 0.25) is 0 Å². The fourth-order valence-electron chi connectivity index (χ4n) is 1.42. The third-order valence-electron chi connectivity index (χ3n) is 1.99. The first kappa shape index (κ1) is 7.91. The van der Waals surface area contributed by atoms with Gasteiger partial charge >= 0.3 is 0 Å². The monoisotopic (exact) mass is 176 g/mol. The van der Waals surface area contributed by atoms with Crippen molar-refractivity contribution in [3.63, 3.8) is 0 Å². The van der Waals surface area contributed by atoms with Gasteiger partial charge in [-0.15, -0.1) is 0 Å². The number of aliphatic imine (C=N–C) groups is 1. The molecule has 4 heteroatoms. The minimum absolute atomic E-state index is 0.177. The van der Waals surface area contributed by atoms with Gasteiger partial charge in [0.1, 0.15) is 5.84 Å². The molecule has 0 saturated carbocycles. The molecule has 4 nitrogen and oxygen atoms in total. The maximum absolute atomic E-state index is 11.3. The van der Waals surface area contributed by atoms with E-state index in [9.17, 15) is 9.59 Å². The van der Waals surface area contributed by atoms with Gasteiger partial charge in [0.05, 0.1) is 0 Å². The molecule has 0 spiro atoms. The zero-order valence-corrected chi connectivity index (χ0v) is 7.10. The fourth-order valence-corrected chi connectivity index (χ4v) is 1.42. The lowest BCUT2D eigenvalue weighted by atomic mass is 10.2. The largest absolute Gasteiger partial charge is 0.313 e. The van der Waals surface area contributed by atoms with Crippen LogP contribution in [0.1, 0.15) is 6.92 Å². The number of fused-ring (bicyclic) bond motifs is 1. The average Bonchev–Trinajstić information content (AvgIpc) is 2.39. The van der Waals surface area contributed by atoms with Gasteiger partial charge in [0.15, 0.2) is 11.8 Å². The summed E-state index contributed by atoms with van der Waals surface area (Å²) < 4.78 is 0. The highest BCUT2D eigenvalue weighted by molar-refractivity contribution is 6.18. The van der Waals surface area contributed by atoms with Crippen LogP contribution in [0.5, 0.6) is 0 Å². The van der Waals surface area contributed by atoms with Crippen molar-refractivity contribution in [2.24, 2.45) is 4.99 Å². The zero-order valence-electron chi connectivity index (χ0n) is 7.10. The van der Waals surface area contributed by atoms with Crippen LogP contribution in [-0.2, 0) is 9.59 Å². The van der Waals surface area contributed by atoms with E-state index in [0.717, 1.165) is 0 Å². The molecule has 13 heavy (non-hydrogen) atoms. The Kier molecular flexibility index (Phi) is 1.62. The summed E-state index contributed by atoms with van der Waals surface area (Å²) in [4.78, 5) is 27.7. The van der Waals surface area contributed by atoms with E-state index in [-0.39, 0.29) is 11.7 Å². The molecule has 0 saturated heterocycles. The van der Waals surface area contributed by atoms with Crippen LogP contribution in [-0.4, -0.2) is 28.5 Å². The van der Waals surface area contributed by atoms with Gasteiger partial charge in [-0.1, -0.05) is 6.08 Å². The van der Waals surface area contributed by atoms with Crippen LogP contribution in [0.3, 0.4) is 0 Å². The lowest BCUT2D eigenvalue weighted by molar-refractivity contribution is -0.128. The smallest absolute Gasteiger partial charge is 0.278 e. The molecule has 0 bridgehead atoms. The number of nitrogens with zero attached hydrogens (tertiary/aromatic N) is 2. The standard InChI is InChI=1S/C9H8N2O2/c1-6(12)8-9(13)10-7-4-2-3-5-11(7)8/h2-5,8H,1H3/t8-/m0/s1. The first-order valence-electron chi connectivity index (χ1n) is 3.96. The summed E-state index contributed by atoms with van der Waals surface area (Å²) in [6.07, 6.45) is 6.95. The molecular weight excluding hydrogens is 168 g/mol. The lowest BCUT2D eigenvalue weighted by Gasteiger charge is -2.20.